The summed E-state index contributed by atoms with van der Waals surface area (Å²) >= 11 is 0. The number of carbonyl (C=O) groups is 9. The number of hydrogen-bond acceptors (Lipinski definition) is 30. The Labute approximate surface area is 890 Å². The third-order valence-corrected chi connectivity index (χ3v) is 37.5. The van der Waals surface area contributed by atoms with Gasteiger partial charge in [0.05, 0.1) is 75.2 Å². The maximum Gasteiger partial charge on any atom is 0.500 e. The van der Waals surface area contributed by atoms with Crippen molar-refractivity contribution >= 4 is 88.9 Å². The van der Waals surface area contributed by atoms with Gasteiger partial charge in [-0.1, -0.05) is 214 Å². The molecule has 0 saturated carbocycles. The summed E-state index contributed by atoms with van der Waals surface area (Å²) in [6.07, 6.45) is 9.71. The summed E-state index contributed by atoms with van der Waals surface area (Å²) in [4.78, 5) is 105. The highest BCUT2D eigenvalue weighted by Gasteiger charge is 2.42. The van der Waals surface area contributed by atoms with E-state index in [1.54, 1.807) is 85.3 Å². The Morgan fingerprint density at radius 3 is 0.374 bits per heavy atom. The number of carbonyl (C=O) groups excluding carboxylic acids is 9. The molecule has 5 aromatic carbocycles. The van der Waals surface area contributed by atoms with Gasteiger partial charge in [0, 0.05) is 109 Å². The largest absolute Gasteiger partial charge is 0.500 e. The van der Waals surface area contributed by atoms with Crippen LogP contribution < -0.4 is 0 Å². The van der Waals surface area contributed by atoms with E-state index in [1.165, 1.54) is 0 Å². The van der Waals surface area contributed by atoms with Crippen molar-refractivity contribution < 1.29 is 139 Å². The number of ether oxygens (including phenoxy) is 9. The number of rotatable bonds is 56. The van der Waals surface area contributed by atoms with E-state index in [-0.39, 0.29) is 80.8 Å². The Kier molecular flexibility index (Phi) is 75.2. The number of benzene rings is 5. The summed E-state index contributed by atoms with van der Waals surface area (Å²) in [5, 5.41) is 0. The molecule has 147 heavy (non-hydrogen) atoms. The highest BCUT2D eigenvalue weighted by Crippen LogP contribution is 2.31. The average Bonchev–Trinajstić information content (AvgIpc) is 0.914. The predicted molar refractivity (Wildman–Crippen MR) is 586 cm³/mol. The zero-order valence-electron chi connectivity index (χ0n) is 97.6. The minimum atomic E-state index is -2.53. The Bertz CT molecular complexity index is 3670. The molecule has 34 heteroatoms. The Morgan fingerprint density at radius 2 is 0.279 bits per heavy atom. The highest BCUT2D eigenvalue weighted by atomic mass is 28.4. The minimum absolute atomic E-state index is 0.131. The molecule has 0 heterocycles. The first-order valence-electron chi connectivity index (χ1n) is 51.2. The van der Waals surface area contributed by atoms with Crippen LogP contribution in [0, 0.1) is 48.7 Å². The van der Waals surface area contributed by atoms with Crippen LogP contribution >= 0.6 is 0 Å². The first-order valence-corrected chi connectivity index (χ1v) is 58.9. The summed E-state index contributed by atoms with van der Waals surface area (Å²) < 4.78 is 111. The lowest BCUT2D eigenvalue weighted by Crippen LogP contribution is -2.42. The minimum Gasteiger partial charge on any atom is -0.465 e. The molecule has 0 amide bonds. The van der Waals surface area contributed by atoms with E-state index in [2.05, 4.69) is 0 Å². The SMILES string of the molecule is CCC(C)(C)C(=O)OCCC[Si](OC)(OC)OC.CCC(C)(C)C(=O)OCCC[Si](OC)(OC)OC.CCC(C)(C)C(=O)OCCC[Si](OC)(OC)OC.CCC(C)(C)C(=O)OCCC[Si](OC)(OC)OC.CCC(C)(C)C(=O)OCc1ccccc1.CCC(C)(C)C(=O)OCc1ccccc1.CCC(C)(C)C(=O)OCc1ccccc1.CCC(C)(C)C(=O)OCc1ccccc1.CCC(C)(C)C(=O)OCc1ccccc1. The Morgan fingerprint density at radius 1 is 0.177 bits per heavy atom. The maximum absolute atomic E-state index is 11.7. The fraction of sp³-hybridized carbons (Fsp3) is 0.655. The summed E-state index contributed by atoms with van der Waals surface area (Å²) in [7, 11) is 8.76. The van der Waals surface area contributed by atoms with Crippen LogP contribution in [0.25, 0.3) is 0 Å². The molecule has 0 aliphatic carbocycles. The van der Waals surface area contributed by atoms with Crippen LogP contribution in [0.1, 0.15) is 298 Å². The second-order valence-electron chi connectivity index (χ2n) is 40.6. The van der Waals surface area contributed by atoms with Crippen molar-refractivity contribution in [1.82, 2.24) is 0 Å². The van der Waals surface area contributed by atoms with Gasteiger partial charge in [-0.15, -0.1) is 0 Å². The molecule has 5 rings (SSSR count). The molecule has 0 spiro atoms. The number of hydrogen-bond donors (Lipinski definition) is 0. The summed E-state index contributed by atoms with van der Waals surface area (Å²) in [5.41, 5.74) is 1.55. The molecule has 0 saturated heterocycles. The molecule has 842 valence electrons. The second kappa shape index (κ2) is 76.3. The molecule has 0 N–H and O–H groups in total. The summed E-state index contributed by atoms with van der Waals surface area (Å²) in [6, 6.07) is 51.2. The van der Waals surface area contributed by atoms with E-state index in [0.717, 1.165) is 85.6 Å². The van der Waals surface area contributed by atoms with Crippen LogP contribution in [-0.4, -0.2) is 201 Å². The van der Waals surface area contributed by atoms with Crippen LogP contribution in [0.4, 0.5) is 0 Å². The van der Waals surface area contributed by atoms with Crippen LogP contribution in [0.5, 0.6) is 0 Å². The van der Waals surface area contributed by atoms with Gasteiger partial charge in [0.15, 0.2) is 0 Å². The molecule has 30 nitrogen and oxygen atoms in total. The van der Waals surface area contributed by atoms with Crippen molar-refractivity contribution in [2.75, 3.05) is 112 Å². The molecular weight excluding hydrogens is 1950 g/mol. The quantitative estimate of drug-likeness (QED) is 0.0151. The molecule has 5 aromatic rings. The van der Waals surface area contributed by atoms with Gasteiger partial charge in [-0.05, 0) is 236 Å². The summed E-state index contributed by atoms with van der Waals surface area (Å²) in [5.74, 6) is -1.30. The normalized spacial score (nSPS) is 11.8. The van der Waals surface area contributed by atoms with Crippen molar-refractivity contribution in [2.45, 2.75) is 328 Å². The van der Waals surface area contributed by atoms with Crippen LogP contribution in [0.15, 0.2) is 152 Å². The van der Waals surface area contributed by atoms with E-state index in [0.29, 0.717) is 109 Å². The van der Waals surface area contributed by atoms with Gasteiger partial charge < -0.3 is 95.7 Å². The van der Waals surface area contributed by atoms with Gasteiger partial charge >= 0.3 is 88.9 Å². The first kappa shape index (κ1) is 145. The standard InChI is InChI=1S/5C13H18O2.4C12H26O5Si/c5*1-4-13(2,3)12(14)15-10-11-8-6-5-7-9-11;4*1-7-12(2,3)11(13)17-9-8-10-18(14-4,15-5)16-6/h5*5-9H,4,10H2,1-3H3;4*7-10H2,1-6H3. The van der Waals surface area contributed by atoms with Gasteiger partial charge in [0.25, 0.3) is 0 Å². The van der Waals surface area contributed by atoms with Crippen molar-refractivity contribution in [3.8, 4) is 0 Å². The Hall–Kier alpha value is -8.28. The van der Waals surface area contributed by atoms with E-state index >= 15 is 0 Å². The monoisotopic (exact) mass is 2140 g/mol. The van der Waals surface area contributed by atoms with Crippen LogP contribution in [0.3, 0.4) is 0 Å². The van der Waals surface area contributed by atoms with Gasteiger partial charge in [-0.3, -0.25) is 43.2 Å². The van der Waals surface area contributed by atoms with Gasteiger partial charge in [-0.25, -0.2) is 0 Å². The molecule has 0 bridgehead atoms. The molecule has 0 aromatic heterocycles. The maximum atomic E-state index is 11.7. The highest BCUT2D eigenvalue weighted by molar-refractivity contribution is 6.61. The van der Waals surface area contributed by atoms with E-state index in [4.69, 9.17) is 95.7 Å². The van der Waals surface area contributed by atoms with E-state index < -0.39 is 56.9 Å². The number of esters is 9. The van der Waals surface area contributed by atoms with Gasteiger partial charge in [-0.2, -0.15) is 0 Å². The first-order chi connectivity index (χ1) is 68.8. The second-order valence-corrected chi connectivity index (χ2v) is 52.9. The van der Waals surface area contributed by atoms with Crippen molar-refractivity contribution in [1.29, 1.82) is 0 Å². The van der Waals surface area contributed by atoms with Gasteiger partial charge in [0.2, 0.25) is 0 Å². The lowest BCUT2D eigenvalue weighted by molar-refractivity contribution is -0.156. The summed E-state index contributed by atoms with van der Waals surface area (Å²) in [6.45, 7) is 55.2. The average molecular weight is 2150 g/mol. The van der Waals surface area contributed by atoms with Crippen molar-refractivity contribution in [2.24, 2.45) is 48.7 Å². The van der Waals surface area contributed by atoms with E-state index in [1.807, 2.05) is 339 Å². The molecule has 0 fully saturated rings. The zero-order valence-corrected chi connectivity index (χ0v) is 102. The molecule has 0 radical (unpaired) electrons. The van der Waals surface area contributed by atoms with Crippen LogP contribution in [0.2, 0.25) is 24.2 Å². The van der Waals surface area contributed by atoms with Crippen molar-refractivity contribution in [3.63, 3.8) is 0 Å². The third kappa shape index (κ3) is 59.9. The Balaban J connectivity index is -0.000000783. The third-order valence-electron chi connectivity index (χ3n) is 26.2. The fourth-order valence-electron chi connectivity index (χ4n) is 10.7. The molecule has 0 aliphatic heterocycles. The topological polar surface area (TPSA) is 347 Å². The molecule has 0 aliphatic rings. The molecular formula is C113H194O30Si4. The predicted octanol–water partition coefficient (Wildman–Crippen LogP) is 24.8. The van der Waals surface area contributed by atoms with E-state index in [9.17, 15) is 43.2 Å². The lowest BCUT2D eigenvalue weighted by Gasteiger charge is -2.24. The fourth-order valence-corrected chi connectivity index (χ4v) is 17.5. The van der Waals surface area contributed by atoms with Crippen molar-refractivity contribution in [3.05, 3.63) is 179 Å². The smallest absolute Gasteiger partial charge is 0.465 e. The molecule has 0 unspecified atom stereocenters. The van der Waals surface area contributed by atoms with Gasteiger partial charge in [0.1, 0.15) is 33.0 Å². The van der Waals surface area contributed by atoms with Crippen LogP contribution in [-0.2, 0) is 172 Å². The molecule has 0 atom stereocenters. The lowest BCUT2D eigenvalue weighted by atomic mass is 9.91. The zero-order chi connectivity index (χ0) is 113.